The summed E-state index contributed by atoms with van der Waals surface area (Å²) in [4.78, 5) is 7.85. The molecule has 0 saturated carbocycles. The average Bonchev–Trinajstić information content (AvgIpc) is 2.36. The molecule has 18 heavy (non-hydrogen) atoms. The van der Waals surface area contributed by atoms with Gasteiger partial charge in [-0.05, 0) is 28.1 Å². The van der Waals surface area contributed by atoms with Gasteiger partial charge in [0.1, 0.15) is 16.7 Å². The fourth-order valence-corrected chi connectivity index (χ4v) is 2.54. The van der Waals surface area contributed by atoms with Gasteiger partial charge in [-0.2, -0.15) is 0 Å². The van der Waals surface area contributed by atoms with Gasteiger partial charge in [0, 0.05) is 23.7 Å². The van der Waals surface area contributed by atoms with Crippen LogP contribution in [0, 0.1) is 11.6 Å². The summed E-state index contributed by atoms with van der Waals surface area (Å²) in [5, 5.41) is 0.455. The van der Waals surface area contributed by atoms with Gasteiger partial charge < -0.3 is 5.73 Å². The molecule has 2 rings (SSSR count). The number of hydrogen-bond donors (Lipinski definition) is 1. The minimum atomic E-state index is -0.607. The molecule has 0 spiro atoms. The van der Waals surface area contributed by atoms with E-state index in [1.807, 2.05) is 0 Å². The zero-order valence-electron chi connectivity index (χ0n) is 9.03. The van der Waals surface area contributed by atoms with Crippen LogP contribution in [0.5, 0.6) is 0 Å². The number of halogens is 3. The first-order valence-electron chi connectivity index (χ1n) is 4.91. The molecule has 0 unspecified atom stereocenters. The molecule has 94 valence electrons. The fourth-order valence-electron chi connectivity index (χ4n) is 1.29. The molecular weight excluding hydrogens is 324 g/mol. The van der Waals surface area contributed by atoms with Crippen molar-refractivity contribution in [1.82, 2.24) is 9.97 Å². The summed E-state index contributed by atoms with van der Waals surface area (Å²) in [7, 11) is 0. The Hall–Kier alpha value is -1.21. The second-order valence-electron chi connectivity index (χ2n) is 3.36. The number of anilines is 1. The number of thioether (sulfide) groups is 1. The van der Waals surface area contributed by atoms with E-state index < -0.39 is 11.6 Å². The van der Waals surface area contributed by atoms with Crippen molar-refractivity contribution < 1.29 is 8.78 Å². The van der Waals surface area contributed by atoms with Gasteiger partial charge in [0.15, 0.2) is 5.82 Å². The number of nitrogen functional groups attached to an aromatic ring is 1. The summed E-state index contributed by atoms with van der Waals surface area (Å²) in [6, 6.07) is 2.54. The summed E-state index contributed by atoms with van der Waals surface area (Å²) in [5.41, 5.74) is 5.59. The lowest BCUT2D eigenvalue weighted by atomic mass is 10.2. The van der Waals surface area contributed by atoms with Crippen LogP contribution in [0.1, 0.15) is 5.56 Å². The molecule has 0 atom stereocenters. The zero-order valence-corrected chi connectivity index (χ0v) is 11.4. The summed E-state index contributed by atoms with van der Waals surface area (Å²) in [6.45, 7) is 0. The van der Waals surface area contributed by atoms with Crippen LogP contribution in [-0.2, 0) is 5.75 Å². The molecule has 2 aromatic rings. The number of benzene rings is 1. The topological polar surface area (TPSA) is 51.8 Å². The molecule has 0 aliphatic rings. The Morgan fingerprint density at radius 2 is 1.94 bits per heavy atom. The molecule has 0 bridgehead atoms. The van der Waals surface area contributed by atoms with Crippen LogP contribution in [0.3, 0.4) is 0 Å². The first-order chi connectivity index (χ1) is 8.59. The highest BCUT2D eigenvalue weighted by atomic mass is 79.9. The number of hydrogen-bond acceptors (Lipinski definition) is 4. The first-order valence-corrected chi connectivity index (χ1v) is 6.69. The van der Waals surface area contributed by atoms with Gasteiger partial charge in [-0.1, -0.05) is 11.8 Å². The van der Waals surface area contributed by atoms with E-state index in [-0.39, 0.29) is 21.6 Å². The minimum absolute atomic E-state index is 0.0144. The highest BCUT2D eigenvalue weighted by Crippen LogP contribution is 2.29. The lowest BCUT2D eigenvalue weighted by Gasteiger charge is -2.06. The molecule has 1 aromatic carbocycles. The second-order valence-corrected chi connectivity index (χ2v) is 5.18. The highest BCUT2D eigenvalue weighted by Gasteiger charge is 2.13. The molecule has 1 heterocycles. The molecule has 1 aromatic heterocycles. The van der Waals surface area contributed by atoms with Crippen LogP contribution in [0.25, 0.3) is 0 Å². The van der Waals surface area contributed by atoms with Crippen LogP contribution in [0.15, 0.2) is 34.0 Å². The molecule has 0 saturated heterocycles. The monoisotopic (exact) mass is 331 g/mol. The van der Waals surface area contributed by atoms with Crippen LogP contribution in [0.2, 0.25) is 0 Å². The molecule has 0 fully saturated rings. The lowest BCUT2D eigenvalue weighted by molar-refractivity contribution is 0.562. The van der Waals surface area contributed by atoms with E-state index >= 15 is 0 Å². The Balaban J connectivity index is 2.21. The normalized spacial score (nSPS) is 10.6. The number of rotatable bonds is 3. The van der Waals surface area contributed by atoms with E-state index in [1.54, 1.807) is 0 Å². The van der Waals surface area contributed by atoms with Crippen molar-refractivity contribution >= 4 is 33.5 Å². The van der Waals surface area contributed by atoms with Gasteiger partial charge in [-0.3, -0.25) is 0 Å². The molecule has 0 radical (unpaired) electrons. The maximum atomic E-state index is 13.7. The van der Waals surface area contributed by atoms with Crippen LogP contribution in [0.4, 0.5) is 14.6 Å². The summed E-state index contributed by atoms with van der Waals surface area (Å²) in [5.74, 6) is -0.853. The Morgan fingerprint density at radius 1 is 1.22 bits per heavy atom. The van der Waals surface area contributed by atoms with E-state index in [9.17, 15) is 8.78 Å². The Morgan fingerprint density at radius 3 is 2.67 bits per heavy atom. The van der Waals surface area contributed by atoms with E-state index in [2.05, 4.69) is 25.9 Å². The van der Waals surface area contributed by atoms with Crippen LogP contribution < -0.4 is 5.73 Å². The van der Waals surface area contributed by atoms with E-state index in [0.717, 1.165) is 11.8 Å². The summed E-state index contributed by atoms with van der Waals surface area (Å²) < 4.78 is 27.4. The van der Waals surface area contributed by atoms with E-state index in [4.69, 9.17) is 5.73 Å². The maximum Gasteiger partial charge on any atom is 0.156 e. The smallest absolute Gasteiger partial charge is 0.156 e. The molecule has 0 aliphatic carbocycles. The molecule has 7 heteroatoms. The van der Waals surface area contributed by atoms with Crippen molar-refractivity contribution in [2.45, 2.75) is 10.8 Å². The van der Waals surface area contributed by atoms with Crippen molar-refractivity contribution in [2.24, 2.45) is 0 Å². The van der Waals surface area contributed by atoms with Crippen molar-refractivity contribution in [3.63, 3.8) is 0 Å². The average molecular weight is 332 g/mol. The lowest BCUT2D eigenvalue weighted by Crippen LogP contribution is -1.98. The van der Waals surface area contributed by atoms with Gasteiger partial charge in [-0.15, -0.1) is 0 Å². The van der Waals surface area contributed by atoms with Crippen LogP contribution in [-0.4, -0.2) is 9.97 Å². The summed E-state index contributed by atoms with van der Waals surface area (Å²) >= 11 is 4.16. The quantitative estimate of drug-likeness (QED) is 0.691. The third-order valence-electron chi connectivity index (χ3n) is 2.18. The number of nitrogens with two attached hydrogens (primary N) is 1. The van der Waals surface area contributed by atoms with E-state index in [0.29, 0.717) is 5.03 Å². The molecule has 0 amide bonds. The highest BCUT2D eigenvalue weighted by molar-refractivity contribution is 9.10. The molecular formula is C11H8BrF2N3S. The van der Waals surface area contributed by atoms with Gasteiger partial charge in [0.25, 0.3) is 0 Å². The Bertz CT molecular complexity index is 580. The van der Waals surface area contributed by atoms with Crippen molar-refractivity contribution in [3.8, 4) is 0 Å². The summed E-state index contributed by atoms with van der Waals surface area (Å²) in [6.07, 6.45) is 2.94. The van der Waals surface area contributed by atoms with Gasteiger partial charge in [-0.25, -0.2) is 18.7 Å². The van der Waals surface area contributed by atoms with Crippen molar-refractivity contribution in [2.75, 3.05) is 5.73 Å². The third kappa shape index (κ3) is 2.78. The third-order valence-corrected chi connectivity index (χ3v) is 3.82. The Labute approximate surface area is 115 Å². The van der Waals surface area contributed by atoms with Gasteiger partial charge in [0.2, 0.25) is 0 Å². The second kappa shape index (κ2) is 5.62. The SMILES string of the molecule is Nc1nccnc1SCc1c(F)ccc(Br)c1F. The fraction of sp³-hybridized carbons (Fsp3) is 0.0909. The number of aromatic nitrogens is 2. The molecule has 3 nitrogen and oxygen atoms in total. The minimum Gasteiger partial charge on any atom is -0.381 e. The molecule has 0 aliphatic heterocycles. The van der Waals surface area contributed by atoms with Crippen LogP contribution >= 0.6 is 27.7 Å². The van der Waals surface area contributed by atoms with E-state index in [1.165, 1.54) is 24.5 Å². The predicted octanol–water partition coefficient (Wildman–Crippen LogP) is 3.39. The van der Waals surface area contributed by atoms with Crippen molar-refractivity contribution in [3.05, 3.63) is 46.2 Å². The molecule has 2 N–H and O–H groups in total. The number of nitrogens with zero attached hydrogens (tertiary/aromatic N) is 2. The van der Waals surface area contributed by atoms with Gasteiger partial charge >= 0.3 is 0 Å². The Kier molecular flexibility index (Phi) is 4.13. The largest absolute Gasteiger partial charge is 0.381 e. The standard InChI is InChI=1S/C11H8BrF2N3S/c12-7-1-2-8(13)6(9(7)14)5-18-11-10(15)16-3-4-17-11/h1-4H,5H2,(H2,15,16). The maximum absolute atomic E-state index is 13.7. The predicted molar refractivity (Wildman–Crippen MR) is 70.1 cm³/mol. The zero-order chi connectivity index (χ0) is 13.1. The first kappa shape index (κ1) is 13.2. The van der Waals surface area contributed by atoms with Crippen molar-refractivity contribution in [1.29, 1.82) is 0 Å². The van der Waals surface area contributed by atoms with Gasteiger partial charge in [0.05, 0.1) is 4.47 Å².